The summed E-state index contributed by atoms with van der Waals surface area (Å²) in [5, 5.41) is 3.47. The van der Waals surface area contributed by atoms with Crippen LogP contribution >= 0.6 is 0 Å². The third-order valence-corrected chi connectivity index (χ3v) is 3.89. The van der Waals surface area contributed by atoms with Crippen LogP contribution in [0.1, 0.15) is 33.1 Å². The third-order valence-electron chi connectivity index (χ3n) is 3.89. The van der Waals surface area contributed by atoms with E-state index in [2.05, 4.69) is 31.1 Å². The molecule has 1 saturated carbocycles. The first-order valence-electron chi connectivity index (χ1n) is 7.60. The lowest BCUT2D eigenvalue weighted by Crippen LogP contribution is -2.36. The highest BCUT2D eigenvalue weighted by molar-refractivity contribution is 5.61. The molecule has 3 N–H and O–H groups in total. The van der Waals surface area contributed by atoms with Crippen LogP contribution in [0.25, 0.3) is 0 Å². The fraction of sp³-hybridized carbons (Fsp3) is 0.625. The van der Waals surface area contributed by atoms with Crippen LogP contribution < -0.4 is 15.8 Å². The third kappa shape index (κ3) is 4.04. The summed E-state index contributed by atoms with van der Waals surface area (Å²) >= 11 is 0. The Bertz CT molecular complexity index is 432. The van der Waals surface area contributed by atoms with Crippen molar-refractivity contribution in [3.63, 3.8) is 0 Å². The molecule has 1 aliphatic rings. The molecule has 1 aromatic carbocycles. The summed E-state index contributed by atoms with van der Waals surface area (Å²) < 4.78 is 5.65. The van der Waals surface area contributed by atoms with Gasteiger partial charge in [0, 0.05) is 30.4 Å². The first kappa shape index (κ1) is 15.0. The molecular formula is C16H27N3O. The molecule has 1 aromatic rings. The number of nitrogens with one attached hydrogen (secondary N) is 1. The van der Waals surface area contributed by atoms with Crippen molar-refractivity contribution in [2.24, 2.45) is 0 Å². The minimum Gasteiger partial charge on any atom is -0.491 e. The summed E-state index contributed by atoms with van der Waals surface area (Å²) in [5.74, 6) is 0.778. The van der Waals surface area contributed by atoms with Gasteiger partial charge in [-0.05, 0) is 45.4 Å². The number of likely N-dealkylation sites (N-methyl/N-ethyl adjacent to an activating group) is 1. The quantitative estimate of drug-likeness (QED) is 0.717. The fourth-order valence-corrected chi connectivity index (χ4v) is 2.23. The van der Waals surface area contributed by atoms with Crippen molar-refractivity contribution in [2.75, 3.05) is 31.2 Å². The minimum absolute atomic E-state index is 0.528. The lowest BCUT2D eigenvalue weighted by Gasteiger charge is -2.25. The molecule has 1 aliphatic carbocycles. The van der Waals surface area contributed by atoms with Crippen molar-refractivity contribution in [3.05, 3.63) is 18.2 Å². The normalized spacial score (nSPS) is 16.2. The molecule has 20 heavy (non-hydrogen) atoms. The molecular weight excluding hydrogens is 250 g/mol. The molecule has 0 bridgehead atoms. The second-order valence-electron chi connectivity index (χ2n) is 5.73. The van der Waals surface area contributed by atoms with Crippen molar-refractivity contribution in [1.29, 1.82) is 0 Å². The van der Waals surface area contributed by atoms with Crippen LogP contribution in [0.2, 0.25) is 0 Å². The van der Waals surface area contributed by atoms with Crippen molar-refractivity contribution >= 4 is 11.4 Å². The van der Waals surface area contributed by atoms with Gasteiger partial charge in [-0.3, -0.25) is 4.90 Å². The molecule has 2 rings (SSSR count). The van der Waals surface area contributed by atoms with E-state index in [9.17, 15) is 0 Å². The van der Waals surface area contributed by atoms with E-state index in [1.807, 2.05) is 18.2 Å². The average Bonchev–Trinajstić information content (AvgIpc) is 3.28. The summed E-state index contributed by atoms with van der Waals surface area (Å²) in [6.45, 7) is 5.99. The van der Waals surface area contributed by atoms with Crippen molar-refractivity contribution in [2.45, 2.75) is 45.2 Å². The zero-order valence-electron chi connectivity index (χ0n) is 12.9. The zero-order valence-corrected chi connectivity index (χ0v) is 12.9. The Hall–Kier alpha value is -1.42. The van der Waals surface area contributed by atoms with Gasteiger partial charge in [-0.25, -0.2) is 0 Å². The number of rotatable bonds is 8. The van der Waals surface area contributed by atoms with Crippen LogP contribution in [-0.2, 0) is 0 Å². The van der Waals surface area contributed by atoms with Gasteiger partial charge in [0.25, 0.3) is 0 Å². The maximum atomic E-state index is 5.92. The number of hydrogen-bond donors (Lipinski definition) is 2. The molecule has 4 nitrogen and oxygen atoms in total. The molecule has 0 spiro atoms. The van der Waals surface area contributed by atoms with Crippen LogP contribution in [0, 0.1) is 0 Å². The summed E-state index contributed by atoms with van der Waals surface area (Å²) in [4.78, 5) is 2.46. The monoisotopic (exact) mass is 277 g/mol. The minimum atomic E-state index is 0.528. The van der Waals surface area contributed by atoms with E-state index in [0.717, 1.165) is 30.4 Å². The number of nitrogens with two attached hydrogens (primary N) is 1. The Morgan fingerprint density at radius 3 is 2.85 bits per heavy atom. The molecule has 1 atom stereocenters. The maximum absolute atomic E-state index is 5.92. The summed E-state index contributed by atoms with van der Waals surface area (Å²) in [6.07, 6.45) is 3.68. The van der Waals surface area contributed by atoms with Crippen LogP contribution in [0.3, 0.4) is 0 Å². The molecule has 4 heteroatoms. The van der Waals surface area contributed by atoms with Crippen molar-refractivity contribution in [1.82, 2.24) is 4.90 Å². The highest BCUT2D eigenvalue weighted by Crippen LogP contribution is 2.28. The van der Waals surface area contributed by atoms with E-state index in [1.54, 1.807) is 0 Å². The fourth-order valence-electron chi connectivity index (χ4n) is 2.23. The number of ether oxygens (including phenoxy) is 1. The molecule has 112 valence electrons. The lowest BCUT2D eigenvalue weighted by molar-refractivity contribution is 0.257. The number of hydrogen-bond acceptors (Lipinski definition) is 4. The van der Waals surface area contributed by atoms with Gasteiger partial charge in [-0.15, -0.1) is 0 Å². The van der Waals surface area contributed by atoms with Gasteiger partial charge in [0.1, 0.15) is 5.75 Å². The molecule has 0 aliphatic heterocycles. The lowest BCUT2D eigenvalue weighted by atomic mass is 10.2. The van der Waals surface area contributed by atoms with Gasteiger partial charge in [0.05, 0.1) is 12.3 Å². The van der Waals surface area contributed by atoms with Gasteiger partial charge < -0.3 is 15.8 Å². The molecule has 0 heterocycles. The number of nitrogen functional groups attached to an aromatic ring is 1. The Morgan fingerprint density at radius 1 is 1.45 bits per heavy atom. The largest absolute Gasteiger partial charge is 0.491 e. The van der Waals surface area contributed by atoms with Crippen LogP contribution in [0.5, 0.6) is 5.75 Å². The molecule has 0 amide bonds. The SMILES string of the molecule is CCCOc1cc(NCC(C)N(C)C2CC2)ccc1N. The van der Waals surface area contributed by atoms with Crippen LogP contribution in [0.4, 0.5) is 11.4 Å². The first-order chi connectivity index (χ1) is 9.61. The predicted molar refractivity (Wildman–Crippen MR) is 85.4 cm³/mol. The number of nitrogens with zero attached hydrogens (tertiary/aromatic N) is 1. The molecule has 0 aromatic heterocycles. The van der Waals surface area contributed by atoms with E-state index < -0.39 is 0 Å². The Balaban J connectivity index is 1.88. The molecule has 1 unspecified atom stereocenters. The zero-order chi connectivity index (χ0) is 14.5. The summed E-state index contributed by atoms with van der Waals surface area (Å²) in [7, 11) is 2.21. The topological polar surface area (TPSA) is 50.5 Å². The van der Waals surface area contributed by atoms with E-state index >= 15 is 0 Å². The Morgan fingerprint density at radius 2 is 2.20 bits per heavy atom. The van der Waals surface area contributed by atoms with Gasteiger partial charge in [-0.1, -0.05) is 6.92 Å². The second kappa shape index (κ2) is 6.84. The van der Waals surface area contributed by atoms with Gasteiger partial charge in [0.2, 0.25) is 0 Å². The predicted octanol–water partition coefficient (Wildman–Crippen LogP) is 2.95. The highest BCUT2D eigenvalue weighted by atomic mass is 16.5. The Labute approximate surface area is 122 Å². The van der Waals surface area contributed by atoms with Gasteiger partial charge in [0.15, 0.2) is 0 Å². The number of anilines is 2. The summed E-state index contributed by atoms with van der Waals surface area (Å²) in [6, 6.07) is 7.23. The second-order valence-corrected chi connectivity index (χ2v) is 5.73. The van der Waals surface area contributed by atoms with Crippen molar-refractivity contribution in [3.8, 4) is 5.75 Å². The van der Waals surface area contributed by atoms with E-state index in [-0.39, 0.29) is 0 Å². The Kier molecular flexibility index (Phi) is 5.12. The first-order valence-corrected chi connectivity index (χ1v) is 7.60. The van der Waals surface area contributed by atoms with Crippen LogP contribution in [-0.4, -0.2) is 37.2 Å². The highest BCUT2D eigenvalue weighted by Gasteiger charge is 2.28. The van der Waals surface area contributed by atoms with Gasteiger partial charge in [-0.2, -0.15) is 0 Å². The van der Waals surface area contributed by atoms with Crippen LogP contribution in [0.15, 0.2) is 18.2 Å². The number of benzene rings is 1. The van der Waals surface area contributed by atoms with E-state index in [1.165, 1.54) is 12.8 Å². The smallest absolute Gasteiger partial charge is 0.144 e. The standard InChI is InChI=1S/C16H27N3O/c1-4-9-20-16-10-13(5-8-15(16)17)18-11-12(2)19(3)14-6-7-14/h5,8,10,12,14,18H,4,6-7,9,11,17H2,1-3H3. The van der Waals surface area contributed by atoms with E-state index in [0.29, 0.717) is 18.3 Å². The van der Waals surface area contributed by atoms with Gasteiger partial charge >= 0.3 is 0 Å². The summed E-state index contributed by atoms with van der Waals surface area (Å²) in [5.41, 5.74) is 7.69. The molecule has 1 fully saturated rings. The van der Waals surface area contributed by atoms with E-state index in [4.69, 9.17) is 10.5 Å². The average molecular weight is 277 g/mol. The molecule has 0 saturated heterocycles. The maximum Gasteiger partial charge on any atom is 0.144 e. The molecule has 0 radical (unpaired) electrons. The van der Waals surface area contributed by atoms with Crippen molar-refractivity contribution < 1.29 is 4.74 Å².